The van der Waals surface area contributed by atoms with Crippen LogP contribution in [0.1, 0.15) is 5.69 Å². The maximum absolute atomic E-state index is 12.5. The molecule has 0 aliphatic carbocycles. The van der Waals surface area contributed by atoms with Crippen molar-refractivity contribution in [3.8, 4) is 5.75 Å². The van der Waals surface area contributed by atoms with E-state index in [1.54, 1.807) is 17.2 Å². The van der Waals surface area contributed by atoms with E-state index in [4.69, 9.17) is 9.47 Å². The van der Waals surface area contributed by atoms with Crippen LogP contribution in [0.2, 0.25) is 0 Å². The summed E-state index contributed by atoms with van der Waals surface area (Å²) in [6.45, 7) is 1.80. The summed E-state index contributed by atoms with van der Waals surface area (Å²) in [7, 11) is 0. The number of urea groups is 1. The Morgan fingerprint density at radius 3 is 3.00 bits per heavy atom. The largest absolute Gasteiger partial charge is 0.491 e. The number of ether oxygens (including phenoxy) is 2. The van der Waals surface area contributed by atoms with Crippen molar-refractivity contribution in [3.05, 3.63) is 54.4 Å². The Balaban J connectivity index is 1.58. The summed E-state index contributed by atoms with van der Waals surface area (Å²) in [5.41, 5.74) is 1.55. The number of aliphatic hydroxyl groups is 1. The fourth-order valence-corrected chi connectivity index (χ4v) is 2.68. The van der Waals surface area contributed by atoms with Gasteiger partial charge in [-0.05, 0) is 24.3 Å². The molecular formula is C19H23N3O4. The van der Waals surface area contributed by atoms with Gasteiger partial charge in [0.25, 0.3) is 0 Å². The third-order valence-corrected chi connectivity index (χ3v) is 4.00. The zero-order valence-corrected chi connectivity index (χ0v) is 14.5. The molecule has 0 bridgehead atoms. The molecule has 1 aliphatic rings. The van der Waals surface area contributed by atoms with E-state index in [1.165, 1.54) is 0 Å². The fourth-order valence-electron chi connectivity index (χ4n) is 2.68. The lowest BCUT2D eigenvalue weighted by Gasteiger charge is -2.22. The average Bonchev–Trinajstić information content (AvgIpc) is 2.88. The van der Waals surface area contributed by atoms with Gasteiger partial charge in [-0.15, -0.1) is 0 Å². The van der Waals surface area contributed by atoms with Gasteiger partial charge in [-0.1, -0.05) is 18.2 Å². The summed E-state index contributed by atoms with van der Waals surface area (Å²) in [6, 6.07) is 12.8. The van der Waals surface area contributed by atoms with Gasteiger partial charge in [0, 0.05) is 24.9 Å². The molecule has 1 aromatic carbocycles. The van der Waals surface area contributed by atoms with Gasteiger partial charge < -0.3 is 24.8 Å². The SMILES string of the molecule is O=C(Nc1ccccc1OCCc1ccccn1)N1CCOC[C@H](O)C1. The molecule has 1 saturated heterocycles. The summed E-state index contributed by atoms with van der Waals surface area (Å²) < 4.78 is 11.1. The molecule has 2 aromatic rings. The number of para-hydroxylation sites is 2. The lowest BCUT2D eigenvalue weighted by molar-refractivity contribution is 0.0575. The van der Waals surface area contributed by atoms with E-state index < -0.39 is 6.10 Å². The quantitative estimate of drug-likeness (QED) is 0.854. The maximum Gasteiger partial charge on any atom is 0.322 e. The molecule has 1 aromatic heterocycles. The second-order valence-corrected chi connectivity index (χ2v) is 6.02. The normalized spacial score (nSPS) is 17.4. The van der Waals surface area contributed by atoms with Crippen LogP contribution >= 0.6 is 0 Å². The van der Waals surface area contributed by atoms with Crippen molar-refractivity contribution in [1.82, 2.24) is 9.88 Å². The molecule has 138 valence electrons. The van der Waals surface area contributed by atoms with Gasteiger partial charge in [0.1, 0.15) is 5.75 Å². The van der Waals surface area contributed by atoms with Crippen LogP contribution < -0.4 is 10.1 Å². The molecule has 1 aliphatic heterocycles. The van der Waals surface area contributed by atoms with E-state index in [1.807, 2.05) is 36.4 Å². The van der Waals surface area contributed by atoms with Gasteiger partial charge in [-0.25, -0.2) is 4.79 Å². The highest BCUT2D eigenvalue weighted by atomic mass is 16.5. The molecule has 0 spiro atoms. The monoisotopic (exact) mass is 357 g/mol. The third kappa shape index (κ3) is 5.18. The van der Waals surface area contributed by atoms with E-state index in [2.05, 4.69) is 10.3 Å². The highest BCUT2D eigenvalue weighted by Crippen LogP contribution is 2.24. The number of benzene rings is 1. The minimum absolute atomic E-state index is 0.245. The molecule has 0 radical (unpaired) electrons. The molecular weight excluding hydrogens is 334 g/mol. The van der Waals surface area contributed by atoms with Crippen molar-refractivity contribution in [2.75, 3.05) is 38.2 Å². The number of rotatable bonds is 5. The average molecular weight is 357 g/mol. The Hall–Kier alpha value is -2.64. The van der Waals surface area contributed by atoms with Crippen LogP contribution in [-0.4, -0.2) is 60.0 Å². The number of anilines is 1. The first-order valence-corrected chi connectivity index (χ1v) is 8.66. The minimum atomic E-state index is -0.673. The number of nitrogens with zero attached hydrogens (tertiary/aromatic N) is 2. The lowest BCUT2D eigenvalue weighted by Crippen LogP contribution is -2.40. The summed E-state index contributed by atoms with van der Waals surface area (Å²) in [5.74, 6) is 0.600. The van der Waals surface area contributed by atoms with E-state index in [0.29, 0.717) is 37.6 Å². The van der Waals surface area contributed by atoms with Crippen LogP contribution in [0.25, 0.3) is 0 Å². The second kappa shape index (κ2) is 9.17. The molecule has 7 nitrogen and oxygen atoms in total. The number of aliphatic hydroxyl groups excluding tert-OH is 1. The number of hydrogen-bond acceptors (Lipinski definition) is 5. The molecule has 0 saturated carbocycles. The van der Waals surface area contributed by atoms with Crippen LogP contribution in [0.3, 0.4) is 0 Å². The van der Waals surface area contributed by atoms with Crippen LogP contribution in [-0.2, 0) is 11.2 Å². The number of carbonyl (C=O) groups excluding carboxylic acids is 1. The zero-order chi connectivity index (χ0) is 18.2. The Kier molecular flexibility index (Phi) is 6.40. The lowest BCUT2D eigenvalue weighted by atomic mass is 10.2. The Labute approximate surface area is 152 Å². The summed E-state index contributed by atoms with van der Waals surface area (Å²) in [4.78, 5) is 18.3. The van der Waals surface area contributed by atoms with Gasteiger partial charge in [0.2, 0.25) is 0 Å². The topological polar surface area (TPSA) is 83.9 Å². The minimum Gasteiger partial charge on any atom is -0.491 e. The number of β-amino-alcohol motifs (C(OH)–C–C–N with tert-alkyl or cyclic N) is 1. The first-order chi connectivity index (χ1) is 12.7. The Morgan fingerprint density at radius 1 is 1.31 bits per heavy atom. The molecule has 7 heteroatoms. The number of aromatic nitrogens is 1. The number of nitrogens with one attached hydrogen (secondary N) is 1. The van der Waals surface area contributed by atoms with Gasteiger partial charge >= 0.3 is 6.03 Å². The van der Waals surface area contributed by atoms with Crippen molar-refractivity contribution in [2.45, 2.75) is 12.5 Å². The number of amides is 2. The van der Waals surface area contributed by atoms with Gasteiger partial charge in [0.15, 0.2) is 0 Å². The van der Waals surface area contributed by atoms with Crippen molar-refractivity contribution in [2.24, 2.45) is 0 Å². The Morgan fingerprint density at radius 2 is 2.15 bits per heavy atom. The Bertz CT molecular complexity index is 711. The van der Waals surface area contributed by atoms with E-state index in [0.717, 1.165) is 5.69 Å². The van der Waals surface area contributed by atoms with Crippen molar-refractivity contribution < 1.29 is 19.4 Å². The number of hydrogen-bond donors (Lipinski definition) is 2. The van der Waals surface area contributed by atoms with Crippen molar-refractivity contribution in [3.63, 3.8) is 0 Å². The summed E-state index contributed by atoms with van der Waals surface area (Å²) in [5, 5.41) is 12.6. The summed E-state index contributed by atoms with van der Waals surface area (Å²) in [6.07, 6.45) is 1.76. The molecule has 0 unspecified atom stereocenters. The number of carbonyl (C=O) groups is 1. The predicted octanol–water partition coefficient (Wildman–Crippen LogP) is 1.93. The van der Waals surface area contributed by atoms with Gasteiger partial charge in [-0.3, -0.25) is 4.98 Å². The smallest absolute Gasteiger partial charge is 0.322 e. The molecule has 26 heavy (non-hydrogen) atoms. The fraction of sp³-hybridized carbons (Fsp3) is 0.368. The van der Waals surface area contributed by atoms with Crippen LogP contribution in [0, 0.1) is 0 Å². The molecule has 3 rings (SSSR count). The third-order valence-electron chi connectivity index (χ3n) is 4.00. The standard InChI is InChI=1S/C19H23N3O4/c23-16-13-22(10-12-25-14-16)19(24)21-17-6-1-2-7-18(17)26-11-8-15-5-3-4-9-20-15/h1-7,9,16,23H,8,10-14H2,(H,21,24)/t16-/m1/s1. The maximum atomic E-state index is 12.5. The number of pyridine rings is 1. The summed E-state index contributed by atoms with van der Waals surface area (Å²) >= 11 is 0. The highest BCUT2D eigenvalue weighted by molar-refractivity contribution is 5.91. The molecule has 2 heterocycles. The zero-order valence-electron chi connectivity index (χ0n) is 14.5. The van der Waals surface area contributed by atoms with Gasteiger partial charge in [0.05, 0.1) is 38.2 Å². The first kappa shape index (κ1) is 18.2. The molecule has 2 amide bonds. The second-order valence-electron chi connectivity index (χ2n) is 6.02. The highest BCUT2D eigenvalue weighted by Gasteiger charge is 2.21. The van der Waals surface area contributed by atoms with E-state index >= 15 is 0 Å². The van der Waals surface area contributed by atoms with Crippen LogP contribution in [0.5, 0.6) is 5.75 Å². The first-order valence-electron chi connectivity index (χ1n) is 8.66. The predicted molar refractivity (Wildman–Crippen MR) is 97.3 cm³/mol. The van der Waals surface area contributed by atoms with Crippen molar-refractivity contribution >= 4 is 11.7 Å². The van der Waals surface area contributed by atoms with E-state index in [-0.39, 0.29) is 19.2 Å². The molecule has 2 N–H and O–H groups in total. The van der Waals surface area contributed by atoms with Crippen LogP contribution in [0.15, 0.2) is 48.7 Å². The molecule has 1 atom stereocenters. The van der Waals surface area contributed by atoms with Crippen molar-refractivity contribution in [1.29, 1.82) is 0 Å². The molecule has 1 fully saturated rings. The van der Waals surface area contributed by atoms with E-state index in [9.17, 15) is 9.90 Å². The van der Waals surface area contributed by atoms with Gasteiger partial charge in [-0.2, -0.15) is 0 Å². The van der Waals surface area contributed by atoms with Crippen LogP contribution in [0.4, 0.5) is 10.5 Å².